The minimum absolute atomic E-state index is 0.0550. The second-order valence-electron chi connectivity index (χ2n) is 1.79. The van der Waals surface area contributed by atoms with Crippen molar-refractivity contribution in [1.29, 1.82) is 0 Å². The van der Waals surface area contributed by atoms with Crippen molar-refractivity contribution in [2.75, 3.05) is 19.0 Å². The van der Waals surface area contributed by atoms with Crippen molar-refractivity contribution in [3.05, 3.63) is 0 Å². The highest BCUT2D eigenvalue weighted by atomic mass is 35.5. The standard InChI is InChI=1S/C5H7ClF3NO2/c6-1-2-12-4(11)10-3-5(7,8)9/h1-3H2,(H,10,11). The fourth-order valence-electron chi connectivity index (χ4n) is 0.355. The van der Waals surface area contributed by atoms with Gasteiger partial charge < -0.3 is 10.1 Å². The fourth-order valence-corrected chi connectivity index (χ4v) is 0.432. The predicted octanol–water partition coefficient (Wildman–Crippen LogP) is 1.51. The van der Waals surface area contributed by atoms with E-state index in [-0.39, 0.29) is 12.5 Å². The first-order valence-electron chi connectivity index (χ1n) is 2.99. The predicted molar refractivity (Wildman–Crippen MR) is 36.1 cm³/mol. The SMILES string of the molecule is O=C(NCC(F)(F)F)OCCCl. The van der Waals surface area contributed by atoms with Crippen molar-refractivity contribution in [3.63, 3.8) is 0 Å². The number of alkyl carbamates (subject to hydrolysis) is 1. The number of carbonyl (C=O) groups excluding carboxylic acids is 1. The van der Waals surface area contributed by atoms with Crippen molar-refractivity contribution in [2.45, 2.75) is 6.18 Å². The summed E-state index contributed by atoms with van der Waals surface area (Å²) in [6.07, 6.45) is -5.53. The third kappa shape index (κ3) is 7.46. The van der Waals surface area contributed by atoms with E-state index in [1.54, 1.807) is 0 Å². The minimum atomic E-state index is -4.42. The highest BCUT2D eigenvalue weighted by Crippen LogP contribution is 2.11. The molecular weight excluding hydrogens is 199 g/mol. The highest BCUT2D eigenvalue weighted by molar-refractivity contribution is 6.18. The van der Waals surface area contributed by atoms with Gasteiger partial charge >= 0.3 is 12.3 Å². The first kappa shape index (κ1) is 11.4. The number of alkyl halides is 4. The van der Waals surface area contributed by atoms with Gasteiger partial charge in [-0.25, -0.2) is 4.79 Å². The van der Waals surface area contributed by atoms with E-state index in [2.05, 4.69) is 4.74 Å². The third-order valence-electron chi connectivity index (χ3n) is 0.743. The molecule has 0 radical (unpaired) electrons. The molecule has 0 bridgehead atoms. The van der Waals surface area contributed by atoms with Crippen LogP contribution in [0.15, 0.2) is 0 Å². The van der Waals surface area contributed by atoms with Gasteiger partial charge in [-0.1, -0.05) is 0 Å². The Hall–Kier alpha value is -0.650. The smallest absolute Gasteiger partial charge is 0.407 e. The Labute approximate surface area is 71.8 Å². The van der Waals surface area contributed by atoms with Gasteiger partial charge in [0, 0.05) is 0 Å². The summed E-state index contributed by atoms with van der Waals surface area (Å²) in [5.41, 5.74) is 0. The maximum atomic E-state index is 11.4. The number of nitrogens with one attached hydrogen (secondary N) is 1. The zero-order chi connectivity index (χ0) is 9.61. The van der Waals surface area contributed by atoms with Crippen LogP contribution >= 0.6 is 11.6 Å². The lowest BCUT2D eigenvalue weighted by Crippen LogP contribution is -2.34. The largest absolute Gasteiger partial charge is 0.448 e. The topological polar surface area (TPSA) is 38.3 Å². The van der Waals surface area contributed by atoms with Gasteiger partial charge in [0.15, 0.2) is 0 Å². The maximum Gasteiger partial charge on any atom is 0.407 e. The second kappa shape index (κ2) is 5.08. The highest BCUT2D eigenvalue weighted by Gasteiger charge is 2.27. The van der Waals surface area contributed by atoms with E-state index in [1.165, 1.54) is 5.32 Å². The summed E-state index contributed by atoms with van der Waals surface area (Å²) in [5, 5.41) is 1.51. The summed E-state index contributed by atoms with van der Waals surface area (Å²) in [6.45, 7) is -1.50. The van der Waals surface area contributed by atoms with Crippen LogP contribution in [0, 0.1) is 0 Å². The lowest BCUT2D eigenvalue weighted by molar-refractivity contribution is -0.123. The van der Waals surface area contributed by atoms with Gasteiger partial charge in [-0.3, -0.25) is 0 Å². The van der Waals surface area contributed by atoms with Crippen molar-refractivity contribution >= 4 is 17.7 Å². The molecule has 0 spiro atoms. The lowest BCUT2D eigenvalue weighted by Gasteiger charge is -2.07. The Kier molecular flexibility index (Phi) is 4.80. The van der Waals surface area contributed by atoms with Gasteiger partial charge in [-0.15, -0.1) is 11.6 Å². The molecule has 0 heterocycles. The van der Waals surface area contributed by atoms with Crippen molar-refractivity contribution in [3.8, 4) is 0 Å². The Morgan fingerprint density at radius 3 is 2.50 bits per heavy atom. The molecular formula is C5H7ClF3NO2. The van der Waals surface area contributed by atoms with Crippen LogP contribution in [0.2, 0.25) is 0 Å². The van der Waals surface area contributed by atoms with Gasteiger partial charge in [0.1, 0.15) is 13.2 Å². The van der Waals surface area contributed by atoms with Gasteiger partial charge in [0.05, 0.1) is 5.88 Å². The van der Waals surface area contributed by atoms with E-state index in [0.29, 0.717) is 0 Å². The van der Waals surface area contributed by atoms with Crippen LogP contribution in [0.5, 0.6) is 0 Å². The van der Waals surface area contributed by atoms with E-state index in [0.717, 1.165) is 0 Å². The summed E-state index contributed by atoms with van der Waals surface area (Å²) in [6, 6.07) is 0. The minimum Gasteiger partial charge on any atom is -0.448 e. The average Bonchev–Trinajstić information content (AvgIpc) is 1.95. The van der Waals surface area contributed by atoms with E-state index in [4.69, 9.17) is 11.6 Å². The first-order valence-corrected chi connectivity index (χ1v) is 3.52. The van der Waals surface area contributed by atoms with Gasteiger partial charge in [-0.05, 0) is 0 Å². The maximum absolute atomic E-state index is 11.4. The fraction of sp³-hybridized carbons (Fsp3) is 0.800. The van der Waals surface area contributed by atoms with Crippen LogP contribution in [0.25, 0.3) is 0 Å². The lowest BCUT2D eigenvalue weighted by atomic mass is 10.6. The van der Waals surface area contributed by atoms with Gasteiger partial charge in [0.2, 0.25) is 0 Å². The molecule has 0 aliphatic rings. The van der Waals surface area contributed by atoms with Crippen molar-refractivity contribution in [2.24, 2.45) is 0 Å². The molecule has 0 fully saturated rings. The normalized spacial score (nSPS) is 11.0. The molecule has 0 saturated heterocycles. The molecule has 0 aliphatic heterocycles. The Morgan fingerprint density at radius 2 is 2.08 bits per heavy atom. The number of halogens is 4. The van der Waals surface area contributed by atoms with Crippen LogP contribution in [0.1, 0.15) is 0 Å². The zero-order valence-corrected chi connectivity index (χ0v) is 6.71. The molecule has 0 rings (SSSR count). The summed E-state index contributed by atoms with van der Waals surface area (Å²) < 4.78 is 38.5. The van der Waals surface area contributed by atoms with Gasteiger partial charge in [-0.2, -0.15) is 13.2 Å². The van der Waals surface area contributed by atoms with E-state index < -0.39 is 18.8 Å². The summed E-state index contributed by atoms with van der Waals surface area (Å²) in [7, 11) is 0. The van der Waals surface area contributed by atoms with Crippen LogP contribution < -0.4 is 5.32 Å². The molecule has 0 saturated carbocycles. The number of hydrogen-bond donors (Lipinski definition) is 1. The average molecular weight is 206 g/mol. The van der Waals surface area contributed by atoms with E-state index >= 15 is 0 Å². The summed E-state index contributed by atoms with van der Waals surface area (Å²) >= 11 is 5.11. The molecule has 0 aromatic rings. The number of amides is 1. The van der Waals surface area contributed by atoms with E-state index in [1.807, 2.05) is 0 Å². The molecule has 0 unspecified atom stereocenters. The van der Waals surface area contributed by atoms with E-state index in [9.17, 15) is 18.0 Å². The molecule has 0 aromatic carbocycles. The molecule has 1 N–H and O–H groups in total. The second-order valence-corrected chi connectivity index (χ2v) is 2.17. The molecule has 0 aliphatic carbocycles. The molecule has 12 heavy (non-hydrogen) atoms. The first-order chi connectivity index (χ1) is 5.45. The van der Waals surface area contributed by atoms with Crippen LogP contribution in [0.3, 0.4) is 0 Å². The Bertz CT molecular complexity index is 150. The number of rotatable bonds is 3. The summed E-state index contributed by atoms with van der Waals surface area (Å²) in [4.78, 5) is 10.4. The monoisotopic (exact) mass is 205 g/mol. The number of carbonyl (C=O) groups is 1. The molecule has 1 amide bonds. The number of hydrogen-bond acceptors (Lipinski definition) is 2. The molecule has 72 valence electrons. The van der Waals surface area contributed by atoms with Crippen LogP contribution in [-0.2, 0) is 4.74 Å². The Balaban J connectivity index is 3.44. The van der Waals surface area contributed by atoms with Crippen LogP contribution in [-0.4, -0.2) is 31.3 Å². The summed E-state index contributed by atoms with van der Waals surface area (Å²) in [5.74, 6) is 0.0550. The van der Waals surface area contributed by atoms with Crippen LogP contribution in [0.4, 0.5) is 18.0 Å². The quantitative estimate of drug-likeness (QED) is 0.710. The zero-order valence-electron chi connectivity index (χ0n) is 5.95. The number of ether oxygens (including phenoxy) is 1. The molecule has 0 atom stereocenters. The van der Waals surface area contributed by atoms with Crippen molar-refractivity contribution < 1.29 is 22.7 Å². The molecule has 3 nitrogen and oxygen atoms in total. The molecule has 7 heteroatoms. The Morgan fingerprint density at radius 1 is 1.50 bits per heavy atom. The van der Waals surface area contributed by atoms with Crippen molar-refractivity contribution in [1.82, 2.24) is 5.32 Å². The molecule has 0 aromatic heterocycles. The third-order valence-corrected chi connectivity index (χ3v) is 0.898. The van der Waals surface area contributed by atoms with Gasteiger partial charge in [0.25, 0.3) is 0 Å².